The molecule has 0 saturated carbocycles. The van der Waals surface area contributed by atoms with Gasteiger partial charge >= 0.3 is 0 Å². The zero-order valence-corrected chi connectivity index (χ0v) is 8.74. The molecule has 0 bridgehead atoms. The van der Waals surface area contributed by atoms with Crippen molar-refractivity contribution in [2.75, 3.05) is 0 Å². The molecular weight excluding hydrogens is 184 g/mol. The van der Waals surface area contributed by atoms with Gasteiger partial charge in [-0.05, 0) is 5.41 Å². The van der Waals surface area contributed by atoms with E-state index in [9.17, 15) is 14.9 Å². The Morgan fingerprint density at radius 2 is 2.07 bits per heavy atom. The molecule has 80 valence electrons. The fraction of sp³-hybridized carbons (Fsp3) is 0.889. The van der Waals surface area contributed by atoms with Crippen molar-refractivity contribution in [2.24, 2.45) is 5.41 Å². The Hall–Kier alpha value is -1.13. The number of piperidine rings is 1. The number of nitro groups is 1. The Kier molecular flexibility index (Phi) is 2.78. The average molecular weight is 200 g/mol. The lowest BCUT2D eigenvalue weighted by Crippen LogP contribution is -2.57. The maximum Gasteiger partial charge on any atom is 0.233 e. The molecule has 0 aliphatic carbocycles. The molecule has 0 aromatic carbocycles. The average Bonchev–Trinajstić information content (AvgIpc) is 2.01. The number of hydrogen-bond donors (Lipinski definition) is 1. The van der Waals surface area contributed by atoms with Crippen LogP contribution in [0.3, 0.4) is 0 Å². The Labute approximate surface area is 83.0 Å². The molecule has 0 aromatic heterocycles. The zero-order valence-electron chi connectivity index (χ0n) is 8.74. The molecule has 1 saturated heterocycles. The maximum absolute atomic E-state index is 11.2. The normalized spacial score (nSPS) is 28.4. The minimum atomic E-state index is -0.646. The van der Waals surface area contributed by atoms with Crippen LogP contribution in [0.4, 0.5) is 0 Å². The van der Waals surface area contributed by atoms with E-state index in [2.05, 4.69) is 5.32 Å². The van der Waals surface area contributed by atoms with E-state index in [-0.39, 0.29) is 28.7 Å². The number of nitrogens with one attached hydrogen (secondary N) is 1. The van der Waals surface area contributed by atoms with Crippen LogP contribution < -0.4 is 5.32 Å². The van der Waals surface area contributed by atoms with Crippen molar-refractivity contribution >= 4 is 5.91 Å². The third kappa shape index (κ3) is 2.21. The summed E-state index contributed by atoms with van der Waals surface area (Å²) in [5.74, 6) is -0.0805. The quantitative estimate of drug-likeness (QED) is 0.506. The minimum absolute atomic E-state index is 0.0805. The molecule has 0 radical (unpaired) electrons. The molecule has 1 heterocycles. The summed E-state index contributed by atoms with van der Waals surface area (Å²) in [6.45, 7) is 5.71. The van der Waals surface area contributed by atoms with Gasteiger partial charge in [0.25, 0.3) is 0 Å². The Morgan fingerprint density at radius 1 is 1.50 bits per heavy atom. The van der Waals surface area contributed by atoms with E-state index in [1.807, 2.05) is 20.8 Å². The lowest BCUT2D eigenvalue weighted by Gasteiger charge is -2.35. The second-order valence-electron chi connectivity index (χ2n) is 4.80. The number of rotatable bonds is 1. The molecule has 1 amide bonds. The van der Waals surface area contributed by atoms with Crippen LogP contribution in [0, 0.1) is 15.5 Å². The maximum atomic E-state index is 11.2. The Balaban J connectivity index is 2.84. The highest BCUT2D eigenvalue weighted by atomic mass is 16.6. The summed E-state index contributed by atoms with van der Waals surface area (Å²) in [6, 6.07) is -1.01. The number of carbonyl (C=O) groups excluding carboxylic acids is 1. The zero-order chi connectivity index (χ0) is 10.9. The molecule has 1 aliphatic rings. The van der Waals surface area contributed by atoms with Crippen molar-refractivity contribution in [3.63, 3.8) is 0 Å². The fourth-order valence-corrected chi connectivity index (χ4v) is 1.81. The largest absolute Gasteiger partial charge is 0.346 e. The smallest absolute Gasteiger partial charge is 0.233 e. The van der Waals surface area contributed by atoms with Gasteiger partial charge in [-0.1, -0.05) is 20.8 Å². The number of nitrogens with zero attached hydrogens (tertiary/aromatic N) is 1. The second kappa shape index (κ2) is 3.55. The van der Waals surface area contributed by atoms with Crippen LogP contribution in [-0.2, 0) is 4.79 Å². The first-order chi connectivity index (χ1) is 6.32. The molecule has 2 atom stereocenters. The summed E-state index contributed by atoms with van der Waals surface area (Å²) >= 11 is 0. The van der Waals surface area contributed by atoms with Gasteiger partial charge in [0.05, 0.1) is 0 Å². The van der Waals surface area contributed by atoms with E-state index in [1.165, 1.54) is 0 Å². The van der Waals surface area contributed by atoms with Crippen molar-refractivity contribution in [1.82, 2.24) is 5.32 Å². The number of hydrogen-bond acceptors (Lipinski definition) is 3. The number of amides is 1. The molecule has 1 fully saturated rings. The molecule has 0 aromatic rings. The predicted octanol–water partition coefficient (Wildman–Crippen LogP) is 0.956. The van der Waals surface area contributed by atoms with Crippen molar-refractivity contribution < 1.29 is 9.72 Å². The highest BCUT2D eigenvalue weighted by Crippen LogP contribution is 2.27. The van der Waals surface area contributed by atoms with Gasteiger partial charge < -0.3 is 5.32 Å². The lowest BCUT2D eigenvalue weighted by molar-refractivity contribution is -0.531. The molecule has 5 nitrogen and oxygen atoms in total. The van der Waals surface area contributed by atoms with Crippen LogP contribution in [0.1, 0.15) is 33.6 Å². The SMILES string of the molecule is CC(C)(C)[C@@H]1NC(=O)CC[C@@H]1[N+](=O)[O-]. The first-order valence-corrected chi connectivity index (χ1v) is 4.75. The van der Waals surface area contributed by atoms with E-state index in [1.54, 1.807) is 0 Å². The molecular formula is C9H16N2O3. The Bertz CT molecular complexity index is 257. The first kappa shape index (κ1) is 10.9. The standard InChI is InChI=1S/C9H16N2O3/c1-9(2,3)8-6(11(13)14)4-5-7(12)10-8/h6,8H,4-5H2,1-3H3,(H,10,12)/t6-,8+/m0/s1. The summed E-state index contributed by atoms with van der Waals surface area (Å²) < 4.78 is 0. The Morgan fingerprint density at radius 3 is 2.50 bits per heavy atom. The lowest BCUT2D eigenvalue weighted by atomic mass is 9.79. The second-order valence-corrected chi connectivity index (χ2v) is 4.80. The van der Waals surface area contributed by atoms with E-state index >= 15 is 0 Å². The highest BCUT2D eigenvalue weighted by molar-refractivity contribution is 5.77. The molecule has 1 aliphatic heterocycles. The van der Waals surface area contributed by atoms with Crippen LogP contribution >= 0.6 is 0 Å². The van der Waals surface area contributed by atoms with Crippen LogP contribution in [0.5, 0.6) is 0 Å². The molecule has 0 unspecified atom stereocenters. The number of carbonyl (C=O) groups is 1. The third-order valence-electron chi connectivity index (χ3n) is 2.57. The van der Waals surface area contributed by atoms with Crippen molar-refractivity contribution in [3.05, 3.63) is 10.1 Å². The minimum Gasteiger partial charge on any atom is -0.346 e. The fourth-order valence-electron chi connectivity index (χ4n) is 1.81. The molecule has 14 heavy (non-hydrogen) atoms. The summed E-state index contributed by atoms with van der Waals surface area (Å²) in [5, 5.41) is 13.5. The third-order valence-corrected chi connectivity index (χ3v) is 2.57. The van der Waals surface area contributed by atoms with E-state index in [0.717, 1.165) is 0 Å². The van der Waals surface area contributed by atoms with Gasteiger partial charge in [-0.25, -0.2) is 0 Å². The van der Waals surface area contributed by atoms with Crippen molar-refractivity contribution in [2.45, 2.75) is 45.7 Å². The van der Waals surface area contributed by atoms with Gasteiger partial charge in [0, 0.05) is 17.8 Å². The van der Waals surface area contributed by atoms with E-state index in [0.29, 0.717) is 6.42 Å². The van der Waals surface area contributed by atoms with Gasteiger partial charge in [0.2, 0.25) is 11.9 Å². The molecule has 1 N–H and O–H groups in total. The van der Waals surface area contributed by atoms with E-state index < -0.39 is 6.04 Å². The summed E-state index contributed by atoms with van der Waals surface area (Å²) in [5.41, 5.74) is -0.270. The summed E-state index contributed by atoms with van der Waals surface area (Å²) in [6.07, 6.45) is 0.610. The van der Waals surface area contributed by atoms with Crippen molar-refractivity contribution in [1.29, 1.82) is 0 Å². The van der Waals surface area contributed by atoms with Gasteiger partial charge in [0.1, 0.15) is 6.04 Å². The van der Waals surface area contributed by atoms with Gasteiger partial charge in [-0.3, -0.25) is 14.9 Å². The van der Waals surface area contributed by atoms with Crippen molar-refractivity contribution in [3.8, 4) is 0 Å². The molecule has 1 rings (SSSR count). The van der Waals surface area contributed by atoms with Crippen LogP contribution in [0.15, 0.2) is 0 Å². The van der Waals surface area contributed by atoms with Crippen LogP contribution in [0.25, 0.3) is 0 Å². The molecule has 5 heteroatoms. The summed E-state index contributed by atoms with van der Waals surface area (Å²) in [7, 11) is 0. The molecule has 0 spiro atoms. The monoisotopic (exact) mass is 200 g/mol. The highest BCUT2D eigenvalue weighted by Gasteiger charge is 2.43. The topological polar surface area (TPSA) is 72.2 Å². The van der Waals surface area contributed by atoms with E-state index in [4.69, 9.17) is 0 Å². The van der Waals surface area contributed by atoms with Gasteiger partial charge in [-0.2, -0.15) is 0 Å². The predicted molar refractivity (Wildman–Crippen MR) is 51.4 cm³/mol. The van der Waals surface area contributed by atoms with Gasteiger partial charge in [-0.15, -0.1) is 0 Å². The van der Waals surface area contributed by atoms with Crippen LogP contribution in [0.2, 0.25) is 0 Å². The van der Waals surface area contributed by atoms with Crippen LogP contribution in [-0.4, -0.2) is 22.9 Å². The summed E-state index contributed by atoms with van der Waals surface area (Å²) in [4.78, 5) is 21.6. The van der Waals surface area contributed by atoms with Gasteiger partial charge in [0.15, 0.2) is 0 Å². The first-order valence-electron chi connectivity index (χ1n) is 4.75.